The topological polar surface area (TPSA) is 95.9 Å². The summed E-state index contributed by atoms with van der Waals surface area (Å²) in [5, 5.41) is 23.0. The van der Waals surface area contributed by atoms with Gasteiger partial charge in [-0.25, -0.2) is 0 Å². The van der Waals surface area contributed by atoms with Gasteiger partial charge in [0.1, 0.15) is 0 Å². The summed E-state index contributed by atoms with van der Waals surface area (Å²) in [6.45, 7) is 4.79. The lowest BCUT2D eigenvalue weighted by Crippen LogP contribution is -2.45. The number of amides is 1. The van der Waals surface area contributed by atoms with Gasteiger partial charge in [0, 0.05) is 12.8 Å². The molecule has 0 rings (SSSR count). The molecular weight excluding hydrogens is 827 g/mol. The highest BCUT2D eigenvalue weighted by molar-refractivity contribution is 5.76. The van der Waals surface area contributed by atoms with Crippen LogP contribution in [0.3, 0.4) is 0 Å². The van der Waals surface area contributed by atoms with Gasteiger partial charge in [-0.2, -0.15) is 0 Å². The van der Waals surface area contributed by atoms with Gasteiger partial charge in [-0.3, -0.25) is 9.59 Å². The van der Waals surface area contributed by atoms with Crippen molar-refractivity contribution in [3.05, 3.63) is 36.5 Å². The second-order valence-corrected chi connectivity index (χ2v) is 20.3. The van der Waals surface area contributed by atoms with E-state index in [2.05, 4.69) is 43.5 Å². The summed E-state index contributed by atoms with van der Waals surface area (Å²) in [5.41, 5.74) is 0. The Morgan fingerprint density at radius 1 is 0.418 bits per heavy atom. The van der Waals surface area contributed by atoms with E-state index >= 15 is 0 Å². The maximum absolute atomic E-state index is 12.4. The first-order chi connectivity index (χ1) is 33.0. The summed E-state index contributed by atoms with van der Waals surface area (Å²) in [4.78, 5) is 24.5. The summed E-state index contributed by atoms with van der Waals surface area (Å²) < 4.78 is 5.43. The lowest BCUT2D eigenvalue weighted by molar-refractivity contribution is -0.143. The molecule has 67 heavy (non-hydrogen) atoms. The van der Waals surface area contributed by atoms with Crippen LogP contribution in [0.2, 0.25) is 0 Å². The Labute approximate surface area is 417 Å². The van der Waals surface area contributed by atoms with Crippen molar-refractivity contribution >= 4 is 11.9 Å². The highest BCUT2D eigenvalue weighted by Crippen LogP contribution is 2.17. The molecule has 0 radical (unpaired) electrons. The third kappa shape index (κ3) is 53.3. The van der Waals surface area contributed by atoms with E-state index in [1.54, 1.807) is 6.08 Å². The van der Waals surface area contributed by atoms with E-state index in [0.29, 0.717) is 19.4 Å². The van der Waals surface area contributed by atoms with E-state index < -0.39 is 12.1 Å². The molecule has 2 atom stereocenters. The van der Waals surface area contributed by atoms with Gasteiger partial charge in [0.2, 0.25) is 5.91 Å². The summed E-state index contributed by atoms with van der Waals surface area (Å²) >= 11 is 0. The van der Waals surface area contributed by atoms with Crippen molar-refractivity contribution in [2.45, 2.75) is 328 Å². The minimum absolute atomic E-state index is 0.0317. The van der Waals surface area contributed by atoms with Crippen molar-refractivity contribution in [1.82, 2.24) is 5.32 Å². The molecule has 394 valence electrons. The van der Waals surface area contributed by atoms with Gasteiger partial charge in [0.25, 0.3) is 0 Å². The van der Waals surface area contributed by atoms with Crippen LogP contribution in [0.25, 0.3) is 0 Å². The molecular formula is C61H115NO5. The van der Waals surface area contributed by atoms with Crippen molar-refractivity contribution in [2.24, 2.45) is 0 Å². The van der Waals surface area contributed by atoms with Crippen LogP contribution < -0.4 is 5.32 Å². The molecule has 2 unspecified atom stereocenters. The number of aliphatic hydroxyl groups excluding tert-OH is 2. The van der Waals surface area contributed by atoms with Gasteiger partial charge in [0.15, 0.2) is 0 Å². The number of unbranched alkanes of at least 4 members (excludes halogenated alkanes) is 40. The van der Waals surface area contributed by atoms with E-state index in [-0.39, 0.29) is 18.5 Å². The molecule has 0 saturated carbocycles. The van der Waals surface area contributed by atoms with Crippen molar-refractivity contribution in [3.8, 4) is 0 Å². The summed E-state index contributed by atoms with van der Waals surface area (Å²) in [6.07, 6.45) is 70.5. The fourth-order valence-electron chi connectivity index (χ4n) is 9.12. The standard InChI is InChI=1S/C61H115NO5/c1-3-5-7-9-11-13-15-16-17-18-25-28-31-35-39-43-47-51-55-61(66)67-56-52-48-44-40-36-32-29-26-23-21-19-20-22-24-27-30-34-38-42-46-50-54-60(65)62-58(57-63)59(64)53-49-45-41-37-33-14-12-10-8-6-4-2/h32,36,44,48-49,53,58-59,63-64H,3-31,33-35,37-43,45-47,50-52,54-57H2,1-2H3,(H,62,65)/b36-32-,48-44-,53-49+. The lowest BCUT2D eigenvalue weighted by Gasteiger charge is -2.20. The third-order valence-corrected chi connectivity index (χ3v) is 13.7. The molecule has 0 aliphatic rings. The first-order valence-corrected chi connectivity index (χ1v) is 29.8. The predicted molar refractivity (Wildman–Crippen MR) is 292 cm³/mol. The molecule has 3 N–H and O–H groups in total. The van der Waals surface area contributed by atoms with E-state index in [0.717, 1.165) is 51.4 Å². The van der Waals surface area contributed by atoms with E-state index in [1.165, 1.54) is 238 Å². The Morgan fingerprint density at radius 2 is 0.746 bits per heavy atom. The number of carbonyl (C=O) groups excluding carboxylic acids is 2. The molecule has 0 heterocycles. The van der Waals surface area contributed by atoms with E-state index in [9.17, 15) is 19.8 Å². The van der Waals surface area contributed by atoms with Crippen molar-refractivity contribution in [2.75, 3.05) is 13.2 Å². The highest BCUT2D eigenvalue weighted by Gasteiger charge is 2.18. The monoisotopic (exact) mass is 942 g/mol. The Kier molecular flexibility index (Phi) is 55.0. The summed E-state index contributed by atoms with van der Waals surface area (Å²) in [5.74, 6) is -0.106. The Hall–Kier alpha value is -1.92. The van der Waals surface area contributed by atoms with Crippen LogP contribution in [-0.4, -0.2) is 47.4 Å². The molecule has 1 amide bonds. The average Bonchev–Trinajstić information content (AvgIpc) is 3.33. The minimum Gasteiger partial charge on any atom is -0.465 e. The third-order valence-electron chi connectivity index (χ3n) is 13.7. The fourth-order valence-corrected chi connectivity index (χ4v) is 9.12. The molecule has 0 fully saturated rings. The molecule has 6 heteroatoms. The first kappa shape index (κ1) is 65.1. The Balaban J connectivity index is 3.44. The Morgan fingerprint density at radius 3 is 1.13 bits per heavy atom. The number of esters is 1. The molecule has 0 saturated heterocycles. The normalized spacial score (nSPS) is 12.8. The molecule has 0 aromatic heterocycles. The SMILES string of the molecule is CCCCCCCCCCC/C=C/C(O)C(CO)NC(=O)CCCCCCCCCCCCCCCC/C=C\C/C=C\CCOC(=O)CCCCCCCCCCCCCCCCCCCC. The summed E-state index contributed by atoms with van der Waals surface area (Å²) in [7, 11) is 0. The van der Waals surface area contributed by atoms with Gasteiger partial charge in [-0.15, -0.1) is 0 Å². The van der Waals surface area contributed by atoms with Crippen molar-refractivity contribution < 1.29 is 24.5 Å². The zero-order valence-corrected chi connectivity index (χ0v) is 44.9. The van der Waals surface area contributed by atoms with Crippen LogP contribution in [0.4, 0.5) is 0 Å². The largest absolute Gasteiger partial charge is 0.465 e. The average molecular weight is 943 g/mol. The quantitative estimate of drug-likeness (QED) is 0.0321. The zero-order chi connectivity index (χ0) is 48.6. The predicted octanol–water partition coefficient (Wildman–Crippen LogP) is 18.4. The molecule has 0 bridgehead atoms. The lowest BCUT2D eigenvalue weighted by atomic mass is 10.0. The van der Waals surface area contributed by atoms with Crippen molar-refractivity contribution in [3.63, 3.8) is 0 Å². The maximum Gasteiger partial charge on any atom is 0.305 e. The molecule has 0 spiro atoms. The number of hydrogen-bond donors (Lipinski definition) is 3. The van der Waals surface area contributed by atoms with Crippen LogP contribution in [0, 0.1) is 0 Å². The fraction of sp³-hybridized carbons (Fsp3) is 0.869. The maximum atomic E-state index is 12.4. The first-order valence-electron chi connectivity index (χ1n) is 29.8. The van der Waals surface area contributed by atoms with Crippen LogP contribution >= 0.6 is 0 Å². The molecule has 0 aliphatic heterocycles. The second kappa shape index (κ2) is 56.7. The number of rotatable bonds is 55. The number of ether oxygens (including phenoxy) is 1. The molecule has 0 aromatic carbocycles. The molecule has 0 aromatic rings. The van der Waals surface area contributed by atoms with Crippen LogP contribution in [0.5, 0.6) is 0 Å². The zero-order valence-electron chi connectivity index (χ0n) is 44.9. The highest BCUT2D eigenvalue weighted by atomic mass is 16.5. The van der Waals surface area contributed by atoms with Gasteiger partial charge in [-0.1, -0.05) is 288 Å². The number of carbonyl (C=O) groups is 2. The number of aliphatic hydroxyl groups is 2. The van der Waals surface area contributed by atoms with Gasteiger partial charge >= 0.3 is 5.97 Å². The smallest absolute Gasteiger partial charge is 0.305 e. The van der Waals surface area contributed by atoms with E-state index in [4.69, 9.17) is 4.74 Å². The minimum atomic E-state index is -0.846. The van der Waals surface area contributed by atoms with Crippen molar-refractivity contribution in [1.29, 1.82) is 0 Å². The summed E-state index contributed by atoms with van der Waals surface area (Å²) in [6, 6.07) is -0.630. The van der Waals surface area contributed by atoms with Gasteiger partial charge in [0.05, 0.1) is 25.4 Å². The molecule has 6 nitrogen and oxygen atoms in total. The van der Waals surface area contributed by atoms with Gasteiger partial charge in [-0.05, 0) is 51.4 Å². The number of nitrogens with one attached hydrogen (secondary N) is 1. The van der Waals surface area contributed by atoms with Crippen LogP contribution in [-0.2, 0) is 14.3 Å². The second-order valence-electron chi connectivity index (χ2n) is 20.3. The molecule has 0 aliphatic carbocycles. The van der Waals surface area contributed by atoms with Gasteiger partial charge < -0.3 is 20.3 Å². The van der Waals surface area contributed by atoms with Crippen LogP contribution in [0.15, 0.2) is 36.5 Å². The Bertz CT molecular complexity index is 1090. The van der Waals surface area contributed by atoms with E-state index in [1.807, 2.05) is 6.08 Å². The number of hydrogen-bond acceptors (Lipinski definition) is 5. The van der Waals surface area contributed by atoms with Crippen LogP contribution in [0.1, 0.15) is 316 Å². The number of allylic oxidation sites excluding steroid dienone is 4.